The third-order valence-corrected chi connectivity index (χ3v) is 10.2. The summed E-state index contributed by atoms with van der Waals surface area (Å²) in [6.07, 6.45) is 4.40. The molecule has 0 saturated carbocycles. The second-order valence-electron chi connectivity index (χ2n) is 13.9. The number of aromatic nitrogens is 8. The number of amides is 1. The second-order valence-corrected chi connectivity index (χ2v) is 13.9. The van der Waals surface area contributed by atoms with Gasteiger partial charge in [-0.25, -0.2) is 29.9 Å². The first-order valence-electron chi connectivity index (χ1n) is 18.9. The van der Waals surface area contributed by atoms with E-state index in [0.717, 1.165) is 63.1 Å². The van der Waals surface area contributed by atoms with Crippen LogP contribution in [-0.4, -0.2) is 52.3 Å². The molecule has 1 amide bonds. The number of hydrogen-bond donors (Lipinski definition) is 3. The molecule has 0 fully saturated rings. The Labute approximate surface area is 321 Å². The zero-order valence-electron chi connectivity index (χ0n) is 30.5. The predicted molar refractivity (Wildman–Crippen MR) is 219 cm³/mol. The Kier molecular flexibility index (Phi) is 8.24. The molecule has 8 aromatic rings. The summed E-state index contributed by atoms with van der Waals surface area (Å²) in [5.74, 6) is 3.14. The highest BCUT2D eigenvalue weighted by Gasteiger charge is 2.22. The van der Waals surface area contributed by atoms with Crippen LogP contribution in [0.5, 0.6) is 11.5 Å². The summed E-state index contributed by atoms with van der Waals surface area (Å²) in [5, 5.41) is 6.37. The van der Waals surface area contributed by atoms with Crippen LogP contribution in [0, 0.1) is 0 Å². The maximum Gasteiger partial charge on any atom is 0.251 e. The highest BCUT2D eigenvalue weighted by atomic mass is 16.5. The molecule has 0 atom stereocenters. The van der Waals surface area contributed by atoms with Gasteiger partial charge in [-0.15, -0.1) is 0 Å². The van der Waals surface area contributed by atoms with E-state index in [1.54, 1.807) is 12.1 Å². The molecule has 0 radical (unpaired) electrons. The number of carbonyl (C=O) groups excluding carboxylic acids is 1. The van der Waals surface area contributed by atoms with E-state index in [4.69, 9.17) is 34.6 Å². The number of unbranched alkanes of at least 4 members (excludes halogenated alkanes) is 3. The summed E-state index contributed by atoms with van der Waals surface area (Å²) >= 11 is 0. The molecule has 0 unspecified atom stereocenters. The monoisotopic (exact) mass is 733 g/mol. The molecule has 2 aliphatic heterocycles. The lowest BCUT2D eigenvalue weighted by atomic mass is 10.1. The van der Waals surface area contributed by atoms with Crippen molar-refractivity contribution >= 4 is 50.0 Å². The van der Waals surface area contributed by atoms with E-state index in [1.165, 1.54) is 6.42 Å². The SMILES string of the molecule is CCCCCCNC(=O)c1ccc(Oc2cccc3c4nc5nc(nc6[nH]c(nc7nc(nc([nH]4)c23)-c2ccccc2-7)c2ccccc62)-c2ccccc2-5)cc1. The maximum absolute atomic E-state index is 12.8. The lowest BCUT2D eigenvalue weighted by Crippen LogP contribution is -2.24. The molecule has 2 aliphatic rings. The number of H-pyrrole nitrogens is 2. The molecule has 3 aromatic heterocycles. The second kappa shape index (κ2) is 13.9. The van der Waals surface area contributed by atoms with E-state index >= 15 is 0 Å². The van der Waals surface area contributed by atoms with Crippen LogP contribution in [0.25, 0.3) is 89.7 Å². The molecule has 11 nitrogen and oxygen atoms in total. The fourth-order valence-electron chi connectivity index (χ4n) is 7.40. The number of rotatable bonds is 8. The fraction of sp³-hybridized carbons (Fsp3) is 0.133. The number of benzene rings is 5. The van der Waals surface area contributed by atoms with Crippen molar-refractivity contribution in [3.05, 3.63) is 121 Å². The van der Waals surface area contributed by atoms with Gasteiger partial charge in [-0.1, -0.05) is 111 Å². The standard InChI is InChI=1S/C45H35N9O2/c1-2-3-4-11-25-46-45(55)26-21-23-27(24-22-26)56-35-20-12-19-34-36(35)44-53-42-33-18-10-9-17-32(33)40(51-42)49-38-29-14-6-5-13-28(29)37(47-38)48-39-30-15-7-8-16-31(30)41(50-39)52-43(34)54-44/h5-10,12-24H,2-4,11,25H2,1H3,(H,46,55)(H2,47,48,49,50,51,52,53,54). The number of nitrogens with zero attached hydrogens (tertiary/aromatic N) is 6. The van der Waals surface area contributed by atoms with Gasteiger partial charge in [0.2, 0.25) is 0 Å². The molecule has 0 aliphatic carbocycles. The van der Waals surface area contributed by atoms with Crippen molar-refractivity contribution in [2.75, 3.05) is 6.54 Å². The predicted octanol–water partition coefficient (Wildman–Crippen LogP) is 9.97. The van der Waals surface area contributed by atoms with Gasteiger partial charge < -0.3 is 20.0 Å². The summed E-state index contributed by atoms with van der Waals surface area (Å²) < 4.78 is 6.55. The summed E-state index contributed by atoms with van der Waals surface area (Å²) in [7, 11) is 0. The minimum Gasteiger partial charge on any atom is -0.457 e. The smallest absolute Gasteiger partial charge is 0.251 e. The van der Waals surface area contributed by atoms with Crippen LogP contribution in [0.1, 0.15) is 43.0 Å². The first-order valence-corrected chi connectivity index (χ1v) is 18.9. The van der Waals surface area contributed by atoms with Crippen LogP contribution in [0.3, 0.4) is 0 Å². The summed E-state index contributed by atoms with van der Waals surface area (Å²) in [6.45, 7) is 2.83. The van der Waals surface area contributed by atoms with Crippen LogP contribution in [-0.2, 0) is 0 Å². The van der Waals surface area contributed by atoms with Gasteiger partial charge in [0, 0.05) is 50.5 Å². The van der Waals surface area contributed by atoms with Crippen molar-refractivity contribution in [1.29, 1.82) is 0 Å². The van der Waals surface area contributed by atoms with E-state index < -0.39 is 0 Å². The summed E-state index contributed by atoms with van der Waals surface area (Å²) in [5.41, 5.74) is 6.39. The Balaban J connectivity index is 1.17. The lowest BCUT2D eigenvalue weighted by molar-refractivity contribution is 0.0953. The molecule has 56 heavy (non-hydrogen) atoms. The van der Waals surface area contributed by atoms with Gasteiger partial charge in [-0.2, -0.15) is 0 Å². The number of fused-ring (bicyclic) bond motifs is 20. The summed E-state index contributed by atoms with van der Waals surface area (Å²) in [4.78, 5) is 50.2. The average molecular weight is 734 g/mol. The first-order chi connectivity index (χ1) is 27.6. The molecule has 11 heteroatoms. The average Bonchev–Trinajstić information content (AvgIpc) is 3.97. The molecule has 5 heterocycles. The van der Waals surface area contributed by atoms with Crippen LogP contribution in [0.15, 0.2) is 115 Å². The lowest BCUT2D eigenvalue weighted by Gasteiger charge is -2.09. The highest BCUT2D eigenvalue weighted by Crippen LogP contribution is 2.39. The van der Waals surface area contributed by atoms with Crippen LogP contribution in [0.4, 0.5) is 0 Å². The van der Waals surface area contributed by atoms with Crippen molar-refractivity contribution in [1.82, 2.24) is 45.2 Å². The molecule has 0 spiro atoms. The molecular formula is C45H35N9O2. The molecular weight excluding hydrogens is 699 g/mol. The Morgan fingerprint density at radius 2 is 1.04 bits per heavy atom. The van der Waals surface area contributed by atoms with Gasteiger partial charge in [0.25, 0.3) is 5.91 Å². The third kappa shape index (κ3) is 5.90. The van der Waals surface area contributed by atoms with Gasteiger partial charge in [0.15, 0.2) is 23.3 Å². The maximum atomic E-state index is 12.8. The zero-order chi connectivity index (χ0) is 37.6. The largest absolute Gasteiger partial charge is 0.457 e. The van der Waals surface area contributed by atoms with Gasteiger partial charge in [-0.05, 0) is 36.8 Å². The molecule has 3 N–H and O–H groups in total. The Morgan fingerprint density at radius 1 is 0.536 bits per heavy atom. The quantitative estimate of drug-likeness (QED) is 0.131. The Bertz CT molecular complexity index is 3000. The van der Waals surface area contributed by atoms with Gasteiger partial charge >= 0.3 is 0 Å². The van der Waals surface area contributed by atoms with Crippen LogP contribution in [0.2, 0.25) is 0 Å². The third-order valence-electron chi connectivity index (χ3n) is 10.2. The molecule has 272 valence electrons. The van der Waals surface area contributed by atoms with E-state index in [1.807, 2.05) is 103 Å². The molecule has 8 bridgehead atoms. The summed E-state index contributed by atoms with van der Waals surface area (Å²) in [6, 6.07) is 36.9. The molecule has 10 rings (SSSR count). The van der Waals surface area contributed by atoms with Crippen molar-refractivity contribution < 1.29 is 9.53 Å². The normalized spacial score (nSPS) is 11.7. The number of nitrogens with one attached hydrogen (secondary N) is 3. The minimum atomic E-state index is -0.0987. The van der Waals surface area contributed by atoms with Crippen molar-refractivity contribution in [2.24, 2.45) is 0 Å². The van der Waals surface area contributed by atoms with Gasteiger partial charge in [0.1, 0.15) is 34.1 Å². The zero-order valence-corrected chi connectivity index (χ0v) is 30.5. The van der Waals surface area contributed by atoms with Crippen molar-refractivity contribution in [2.45, 2.75) is 32.6 Å². The first kappa shape index (κ1) is 33.3. The topological polar surface area (TPSA) is 147 Å². The minimum absolute atomic E-state index is 0.0987. The number of hydrogen-bond acceptors (Lipinski definition) is 8. The molecule has 0 saturated heterocycles. The van der Waals surface area contributed by atoms with Gasteiger partial charge in [-0.3, -0.25) is 4.79 Å². The van der Waals surface area contributed by atoms with E-state index in [0.29, 0.717) is 69.5 Å². The van der Waals surface area contributed by atoms with Crippen LogP contribution < -0.4 is 10.1 Å². The number of carbonyl (C=O) groups is 1. The van der Waals surface area contributed by atoms with Gasteiger partial charge in [0.05, 0.1) is 5.39 Å². The van der Waals surface area contributed by atoms with E-state index in [9.17, 15) is 4.79 Å². The van der Waals surface area contributed by atoms with Crippen LogP contribution >= 0.6 is 0 Å². The van der Waals surface area contributed by atoms with Crippen molar-refractivity contribution in [3.63, 3.8) is 0 Å². The highest BCUT2D eigenvalue weighted by molar-refractivity contribution is 6.09. The fourth-order valence-corrected chi connectivity index (χ4v) is 7.40. The Morgan fingerprint density at radius 3 is 1.61 bits per heavy atom. The Hall–Kier alpha value is -7.27. The molecule has 5 aromatic carbocycles. The van der Waals surface area contributed by atoms with E-state index in [-0.39, 0.29) is 5.91 Å². The van der Waals surface area contributed by atoms with Crippen molar-refractivity contribution in [3.8, 4) is 57.1 Å². The van der Waals surface area contributed by atoms with E-state index in [2.05, 4.69) is 22.2 Å². The number of ether oxygens (including phenoxy) is 1. The number of aromatic amines is 2.